The van der Waals surface area contributed by atoms with Gasteiger partial charge in [-0.15, -0.1) is 0 Å². The van der Waals surface area contributed by atoms with Gasteiger partial charge >= 0.3 is 0 Å². The van der Waals surface area contributed by atoms with Gasteiger partial charge in [-0.1, -0.05) is 0 Å². The fourth-order valence-corrected chi connectivity index (χ4v) is 3.41. The molecule has 0 amide bonds. The quantitative estimate of drug-likeness (QED) is 0.840. The van der Waals surface area contributed by atoms with Crippen LogP contribution < -0.4 is 5.32 Å². The highest BCUT2D eigenvalue weighted by Crippen LogP contribution is 2.24. The summed E-state index contributed by atoms with van der Waals surface area (Å²) in [6.07, 6.45) is 5.37. The topological polar surface area (TPSA) is 55.2 Å². The van der Waals surface area contributed by atoms with Crippen LogP contribution in [-0.4, -0.2) is 64.6 Å². The molecule has 20 heavy (non-hydrogen) atoms. The molecule has 1 aromatic rings. The van der Waals surface area contributed by atoms with E-state index in [1.807, 2.05) is 11.7 Å². The first-order valence-corrected chi connectivity index (χ1v) is 7.71. The minimum atomic E-state index is 0.247. The van der Waals surface area contributed by atoms with Crippen molar-refractivity contribution in [2.45, 2.75) is 50.9 Å². The van der Waals surface area contributed by atoms with Crippen molar-refractivity contribution in [3.63, 3.8) is 0 Å². The summed E-state index contributed by atoms with van der Waals surface area (Å²) in [7, 11) is 2.01. The van der Waals surface area contributed by atoms with Gasteiger partial charge in [0.2, 0.25) is 0 Å². The van der Waals surface area contributed by atoms with Crippen LogP contribution in [-0.2, 0) is 17.7 Å². The average molecular weight is 279 g/mol. The number of aromatic nitrogens is 3. The van der Waals surface area contributed by atoms with Crippen LogP contribution in [0.3, 0.4) is 0 Å². The maximum Gasteiger partial charge on any atom is 0.138 e. The molecule has 2 fully saturated rings. The van der Waals surface area contributed by atoms with E-state index in [-0.39, 0.29) is 6.10 Å². The normalized spacial score (nSPS) is 28.5. The Morgan fingerprint density at radius 3 is 3.25 bits per heavy atom. The molecular weight excluding hydrogens is 254 g/mol. The van der Waals surface area contributed by atoms with Gasteiger partial charge < -0.3 is 10.1 Å². The van der Waals surface area contributed by atoms with Gasteiger partial charge in [0.1, 0.15) is 12.2 Å². The Bertz CT molecular complexity index is 435. The molecule has 6 nitrogen and oxygen atoms in total. The summed E-state index contributed by atoms with van der Waals surface area (Å²) in [4.78, 5) is 6.97. The molecule has 0 spiro atoms. The van der Waals surface area contributed by atoms with Gasteiger partial charge in [0, 0.05) is 31.6 Å². The summed E-state index contributed by atoms with van der Waals surface area (Å²) in [5, 5.41) is 7.66. The molecule has 3 rings (SSSR count). The van der Waals surface area contributed by atoms with Gasteiger partial charge in [-0.2, -0.15) is 5.10 Å². The number of hydrogen-bond donors (Lipinski definition) is 1. The highest BCUT2D eigenvalue weighted by atomic mass is 16.5. The summed E-state index contributed by atoms with van der Waals surface area (Å²) < 4.78 is 8.07. The van der Waals surface area contributed by atoms with E-state index in [4.69, 9.17) is 4.74 Å². The number of aryl methyl sites for hydroxylation is 1. The van der Waals surface area contributed by atoms with Crippen LogP contribution in [0.25, 0.3) is 0 Å². The Labute approximate surface area is 120 Å². The summed E-state index contributed by atoms with van der Waals surface area (Å²) in [5.41, 5.74) is 0. The van der Waals surface area contributed by atoms with E-state index in [0.717, 1.165) is 31.9 Å². The zero-order valence-electron chi connectivity index (χ0n) is 12.5. The van der Waals surface area contributed by atoms with Crippen molar-refractivity contribution in [1.82, 2.24) is 25.0 Å². The summed E-state index contributed by atoms with van der Waals surface area (Å²) in [6.45, 7) is 6.11. The molecule has 2 saturated heterocycles. The van der Waals surface area contributed by atoms with Crippen molar-refractivity contribution in [2.75, 3.05) is 26.7 Å². The van der Waals surface area contributed by atoms with E-state index >= 15 is 0 Å². The van der Waals surface area contributed by atoms with E-state index in [1.165, 1.54) is 19.4 Å². The van der Waals surface area contributed by atoms with Gasteiger partial charge in [0.25, 0.3) is 0 Å². The van der Waals surface area contributed by atoms with Crippen LogP contribution in [0.1, 0.15) is 25.6 Å². The second-order valence-corrected chi connectivity index (χ2v) is 5.75. The molecule has 2 aliphatic rings. The smallest absolute Gasteiger partial charge is 0.138 e. The lowest BCUT2D eigenvalue weighted by Crippen LogP contribution is -2.54. The number of likely N-dealkylation sites (N-methyl/N-ethyl adjacent to an activating group) is 1. The fraction of sp³-hybridized carbons (Fsp3) is 0.857. The number of morpholine rings is 1. The van der Waals surface area contributed by atoms with E-state index in [0.29, 0.717) is 12.1 Å². The first-order chi connectivity index (χ1) is 9.81. The highest BCUT2D eigenvalue weighted by Gasteiger charge is 2.35. The monoisotopic (exact) mass is 279 g/mol. The van der Waals surface area contributed by atoms with Gasteiger partial charge in [0.05, 0.1) is 12.7 Å². The van der Waals surface area contributed by atoms with Crippen LogP contribution in [0.15, 0.2) is 6.33 Å². The first-order valence-electron chi connectivity index (χ1n) is 7.71. The zero-order chi connectivity index (χ0) is 13.9. The molecule has 0 radical (unpaired) electrons. The van der Waals surface area contributed by atoms with Crippen LogP contribution >= 0.6 is 0 Å². The second kappa shape index (κ2) is 6.20. The first kappa shape index (κ1) is 14.0. The second-order valence-electron chi connectivity index (χ2n) is 5.75. The van der Waals surface area contributed by atoms with Crippen LogP contribution in [0.2, 0.25) is 0 Å². The SMILES string of the molecule is CCn1ncnc1CC(NC)C1CN2CCCC2CO1. The number of nitrogens with one attached hydrogen (secondary N) is 1. The van der Waals surface area contributed by atoms with Crippen molar-refractivity contribution < 1.29 is 4.74 Å². The Morgan fingerprint density at radius 2 is 2.45 bits per heavy atom. The number of rotatable bonds is 5. The number of ether oxygens (including phenoxy) is 1. The predicted molar refractivity (Wildman–Crippen MR) is 76.6 cm³/mol. The third kappa shape index (κ3) is 2.73. The number of fused-ring (bicyclic) bond motifs is 1. The molecule has 0 saturated carbocycles. The van der Waals surface area contributed by atoms with E-state index in [9.17, 15) is 0 Å². The molecular formula is C14H25N5O. The molecule has 112 valence electrons. The third-order valence-corrected chi connectivity index (χ3v) is 4.63. The summed E-state index contributed by atoms with van der Waals surface area (Å²) >= 11 is 0. The van der Waals surface area contributed by atoms with Gasteiger partial charge in [-0.05, 0) is 33.4 Å². The molecule has 2 aliphatic heterocycles. The van der Waals surface area contributed by atoms with Crippen molar-refractivity contribution in [3.8, 4) is 0 Å². The lowest BCUT2D eigenvalue weighted by atomic mass is 10.0. The van der Waals surface area contributed by atoms with Crippen molar-refractivity contribution in [1.29, 1.82) is 0 Å². The van der Waals surface area contributed by atoms with Crippen molar-refractivity contribution >= 4 is 0 Å². The maximum atomic E-state index is 6.11. The molecule has 1 N–H and O–H groups in total. The number of nitrogens with zero attached hydrogens (tertiary/aromatic N) is 4. The molecule has 3 heterocycles. The Morgan fingerprint density at radius 1 is 1.55 bits per heavy atom. The van der Waals surface area contributed by atoms with Crippen LogP contribution in [0.4, 0.5) is 0 Å². The van der Waals surface area contributed by atoms with Gasteiger partial charge in [0.15, 0.2) is 0 Å². The summed E-state index contributed by atoms with van der Waals surface area (Å²) in [6, 6.07) is 0.953. The van der Waals surface area contributed by atoms with Crippen molar-refractivity contribution in [2.24, 2.45) is 0 Å². The largest absolute Gasteiger partial charge is 0.374 e. The molecule has 0 bridgehead atoms. The van der Waals surface area contributed by atoms with E-state index in [2.05, 4.69) is 27.2 Å². The third-order valence-electron chi connectivity index (χ3n) is 4.63. The molecule has 1 aromatic heterocycles. The molecule has 0 aliphatic carbocycles. The van der Waals surface area contributed by atoms with Gasteiger partial charge in [-0.3, -0.25) is 9.58 Å². The minimum Gasteiger partial charge on any atom is -0.374 e. The standard InChI is InChI=1S/C14H25N5O/c1-3-19-14(16-10-17-19)7-12(15-2)13-8-18-6-4-5-11(18)9-20-13/h10-13,15H,3-9H2,1-2H3. The lowest BCUT2D eigenvalue weighted by Gasteiger charge is -2.38. The van der Waals surface area contributed by atoms with E-state index in [1.54, 1.807) is 6.33 Å². The Kier molecular flexibility index (Phi) is 4.33. The minimum absolute atomic E-state index is 0.247. The van der Waals surface area contributed by atoms with Crippen LogP contribution in [0.5, 0.6) is 0 Å². The Balaban J connectivity index is 1.64. The number of hydrogen-bond acceptors (Lipinski definition) is 5. The average Bonchev–Trinajstić information content (AvgIpc) is 3.12. The molecule has 3 atom stereocenters. The van der Waals surface area contributed by atoms with Gasteiger partial charge in [-0.25, -0.2) is 4.98 Å². The van der Waals surface area contributed by atoms with Crippen molar-refractivity contribution in [3.05, 3.63) is 12.2 Å². The summed E-state index contributed by atoms with van der Waals surface area (Å²) in [5.74, 6) is 1.04. The lowest BCUT2D eigenvalue weighted by molar-refractivity contribution is -0.0637. The van der Waals surface area contributed by atoms with Crippen LogP contribution in [0, 0.1) is 0 Å². The fourth-order valence-electron chi connectivity index (χ4n) is 3.41. The molecule has 0 aromatic carbocycles. The molecule has 3 unspecified atom stereocenters. The van der Waals surface area contributed by atoms with E-state index < -0.39 is 0 Å². The molecule has 6 heteroatoms. The highest BCUT2D eigenvalue weighted by molar-refractivity contribution is 4.96. The maximum absolute atomic E-state index is 6.11. The predicted octanol–water partition coefficient (Wildman–Crippen LogP) is 0.292. The zero-order valence-corrected chi connectivity index (χ0v) is 12.5. The Hall–Kier alpha value is -0.980.